The number of ketones is 1. The number of nitrogens with zero attached hydrogens (tertiary/aromatic N) is 3. The molecule has 0 unspecified atom stereocenters. The van der Waals surface area contributed by atoms with E-state index < -0.39 is 23.8 Å². The van der Waals surface area contributed by atoms with Gasteiger partial charge in [0.2, 0.25) is 0 Å². The molecule has 0 saturated heterocycles. The molecule has 4 rings (SSSR count). The van der Waals surface area contributed by atoms with Crippen molar-refractivity contribution in [1.29, 1.82) is 0 Å². The highest BCUT2D eigenvalue weighted by Crippen LogP contribution is 2.53. The van der Waals surface area contributed by atoms with Gasteiger partial charge in [0.15, 0.2) is 5.78 Å². The topological polar surface area (TPSA) is 55.7 Å². The Kier molecular flexibility index (Phi) is 6.00. The van der Waals surface area contributed by atoms with Gasteiger partial charge in [0.05, 0.1) is 31.7 Å². The van der Waals surface area contributed by atoms with Crippen LogP contribution in [0, 0.1) is 19.3 Å². The summed E-state index contributed by atoms with van der Waals surface area (Å²) in [7, 11) is 0. The van der Waals surface area contributed by atoms with Crippen molar-refractivity contribution >= 4 is 28.5 Å². The van der Waals surface area contributed by atoms with E-state index in [1.165, 1.54) is 17.5 Å². The maximum Gasteiger partial charge on any atom is 0.394 e. The van der Waals surface area contributed by atoms with Gasteiger partial charge in [0.1, 0.15) is 0 Å². The highest BCUT2D eigenvalue weighted by atomic mass is 32.1. The lowest BCUT2D eigenvalue weighted by molar-refractivity contribution is -0.220. The van der Waals surface area contributed by atoms with Crippen LogP contribution in [-0.2, 0) is 6.42 Å². The molecule has 0 spiro atoms. The second-order valence-electron chi connectivity index (χ2n) is 8.07. The minimum absolute atomic E-state index is 0.0267. The molecule has 0 aromatic carbocycles. The number of Topliss-reactive ketones (excluding diaryl/α,β-unsaturated/α-hetero) is 1. The molecule has 0 aliphatic heterocycles. The van der Waals surface area contributed by atoms with Crippen LogP contribution >= 0.6 is 22.7 Å². The lowest BCUT2D eigenvalue weighted by atomic mass is 9.79. The van der Waals surface area contributed by atoms with Crippen molar-refractivity contribution in [2.75, 3.05) is 0 Å². The zero-order chi connectivity index (χ0) is 22.2. The Morgan fingerprint density at radius 1 is 1.16 bits per heavy atom. The van der Waals surface area contributed by atoms with Gasteiger partial charge >= 0.3 is 6.18 Å². The molecule has 1 fully saturated rings. The first-order chi connectivity index (χ1) is 14.7. The van der Waals surface area contributed by atoms with E-state index in [0.29, 0.717) is 19.3 Å². The summed E-state index contributed by atoms with van der Waals surface area (Å²) in [6, 6.07) is 3.28. The average Bonchev–Trinajstić information content (AvgIpc) is 3.43. The molecule has 0 radical (unpaired) electrons. The fraction of sp³-hybridized carbons (Fsp3) is 0.455. The summed E-state index contributed by atoms with van der Waals surface area (Å²) in [6.45, 7) is 3.92. The Bertz CT molecular complexity index is 1080. The van der Waals surface area contributed by atoms with Crippen molar-refractivity contribution in [2.24, 2.45) is 5.41 Å². The SMILES string of the molecule is Cc1nc(C)c(-c2csc(Cc3ccc(C(=O)CC4(C(F)(F)F)CCCC4)cn3)n2)s1. The van der Waals surface area contributed by atoms with Crippen molar-refractivity contribution in [1.82, 2.24) is 15.0 Å². The zero-order valence-corrected chi connectivity index (χ0v) is 18.9. The molecule has 9 heteroatoms. The van der Waals surface area contributed by atoms with E-state index >= 15 is 0 Å². The molecule has 0 N–H and O–H groups in total. The van der Waals surface area contributed by atoms with Crippen molar-refractivity contribution in [2.45, 2.75) is 58.5 Å². The number of rotatable bonds is 6. The molecule has 0 atom stereocenters. The molecule has 1 aliphatic rings. The first-order valence-corrected chi connectivity index (χ1v) is 11.8. The molecule has 1 saturated carbocycles. The van der Waals surface area contributed by atoms with Crippen molar-refractivity contribution in [3.63, 3.8) is 0 Å². The number of hydrogen-bond donors (Lipinski definition) is 0. The number of thiazole rings is 2. The molecular weight excluding hydrogens is 443 g/mol. The quantitative estimate of drug-likeness (QED) is 0.387. The predicted octanol–water partition coefficient (Wildman–Crippen LogP) is 6.56. The Labute approximate surface area is 186 Å². The lowest BCUT2D eigenvalue weighted by Crippen LogP contribution is -2.37. The summed E-state index contributed by atoms with van der Waals surface area (Å²) in [5, 5.41) is 3.87. The van der Waals surface area contributed by atoms with Crippen molar-refractivity contribution in [3.05, 3.63) is 50.7 Å². The second-order valence-corrected chi connectivity index (χ2v) is 10.2. The van der Waals surface area contributed by atoms with E-state index in [2.05, 4.69) is 15.0 Å². The minimum atomic E-state index is -4.36. The number of hydrogen-bond acceptors (Lipinski definition) is 6. The van der Waals surface area contributed by atoms with Gasteiger partial charge in [0, 0.05) is 35.7 Å². The summed E-state index contributed by atoms with van der Waals surface area (Å²) in [5.41, 5.74) is 0.923. The van der Waals surface area contributed by atoms with Gasteiger partial charge < -0.3 is 0 Å². The van der Waals surface area contributed by atoms with Gasteiger partial charge in [0.25, 0.3) is 0 Å². The monoisotopic (exact) mass is 465 g/mol. The van der Waals surface area contributed by atoms with E-state index in [4.69, 9.17) is 0 Å². The standard InChI is InChI=1S/C22H22F3N3OS2/c1-13-20(31-14(2)27-13)17-12-30-19(28-17)9-16-6-5-15(11-26-16)18(29)10-21(22(23,24)25)7-3-4-8-21/h5-6,11-12H,3-4,7-10H2,1-2H3. The third kappa shape index (κ3) is 4.57. The molecule has 3 aromatic heterocycles. The van der Waals surface area contributed by atoms with Crippen LogP contribution in [0.2, 0.25) is 0 Å². The van der Waals surface area contributed by atoms with E-state index in [1.807, 2.05) is 19.2 Å². The smallest absolute Gasteiger partial charge is 0.294 e. The highest BCUT2D eigenvalue weighted by molar-refractivity contribution is 7.15. The van der Waals surface area contributed by atoms with Gasteiger partial charge in [-0.25, -0.2) is 9.97 Å². The molecular formula is C22H22F3N3OS2. The molecule has 3 heterocycles. The van der Waals surface area contributed by atoms with Crippen LogP contribution in [0.1, 0.15) is 63.9 Å². The van der Waals surface area contributed by atoms with E-state index in [-0.39, 0.29) is 18.4 Å². The second kappa shape index (κ2) is 8.43. The number of aromatic nitrogens is 3. The van der Waals surface area contributed by atoms with Crippen LogP contribution in [0.5, 0.6) is 0 Å². The van der Waals surface area contributed by atoms with Gasteiger partial charge in [-0.05, 0) is 38.8 Å². The van der Waals surface area contributed by atoms with Crippen LogP contribution < -0.4 is 0 Å². The molecule has 0 bridgehead atoms. The fourth-order valence-electron chi connectivity index (χ4n) is 4.14. The van der Waals surface area contributed by atoms with Gasteiger partial charge in [-0.15, -0.1) is 22.7 Å². The average molecular weight is 466 g/mol. The van der Waals surface area contributed by atoms with E-state index in [9.17, 15) is 18.0 Å². The number of halogens is 3. The Balaban J connectivity index is 1.44. The highest BCUT2D eigenvalue weighted by Gasteiger charge is 2.56. The van der Waals surface area contributed by atoms with Gasteiger partial charge in [-0.2, -0.15) is 13.2 Å². The van der Waals surface area contributed by atoms with Crippen molar-refractivity contribution < 1.29 is 18.0 Å². The fourth-order valence-corrected chi connectivity index (χ4v) is 5.89. The Morgan fingerprint density at radius 2 is 1.90 bits per heavy atom. The Hall–Kier alpha value is -2.13. The molecule has 1 aliphatic carbocycles. The van der Waals surface area contributed by atoms with E-state index in [0.717, 1.165) is 32.0 Å². The van der Waals surface area contributed by atoms with Gasteiger partial charge in [-0.3, -0.25) is 9.78 Å². The van der Waals surface area contributed by atoms with Crippen LogP contribution in [0.4, 0.5) is 13.2 Å². The third-order valence-electron chi connectivity index (χ3n) is 5.83. The summed E-state index contributed by atoms with van der Waals surface area (Å²) in [5.74, 6) is -0.495. The molecule has 0 amide bonds. The summed E-state index contributed by atoms with van der Waals surface area (Å²) in [4.78, 5) is 27.0. The van der Waals surface area contributed by atoms with E-state index in [1.54, 1.807) is 23.5 Å². The first kappa shape index (κ1) is 22.1. The van der Waals surface area contributed by atoms with Crippen LogP contribution in [0.3, 0.4) is 0 Å². The van der Waals surface area contributed by atoms with Crippen LogP contribution in [-0.4, -0.2) is 26.9 Å². The molecule has 3 aromatic rings. The Morgan fingerprint density at radius 3 is 2.48 bits per heavy atom. The summed E-state index contributed by atoms with van der Waals surface area (Å²) < 4.78 is 40.7. The normalized spacial score (nSPS) is 16.0. The summed E-state index contributed by atoms with van der Waals surface area (Å²) in [6.07, 6.45) is -1.88. The predicted molar refractivity (Wildman–Crippen MR) is 116 cm³/mol. The molecule has 4 nitrogen and oxygen atoms in total. The minimum Gasteiger partial charge on any atom is -0.294 e. The maximum atomic E-state index is 13.6. The number of alkyl halides is 3. The number of carbonyl (C=O) groups excluding carboxylic acids is 1. The summed E-state index contributed by atoms with van der Waals surface area (Å²) >= 11 is 3.13. The van der Waals surface area contributed by atoms with Gasteiger partial charge in [-0.1, -0.05) is 12.8 Å². The first-order valence-electron chi connectivity index (χ1n) is 10.1. The third-order valence-corrected chi connectivity index (χ3v) is 7.77. The lowest BCUT2D eigenvalue weighted by Gasteiger charge is -2.30. The maximum absolute atomic E-state index is 13.6. The number of carbonyl (C=O) groups is 1. The largest absolute Gasteiger partial charge is 0.394 e. The van der Waals surface area contributed by atoms with Crippen LogP contribution in [0.15, 0.2) is 23.7 Å². The number of pyridine rings is 1. The van der Waals surface area contributed by atoms with Crippen LogP contribution in [0.25, 0.3) is 10.6 Å². The number of aryl methyl sites for hydroxylation is 2. The molecule has 31 heavy (non-hydrogen) atoms. The molecule has 164 valence electrons. The van der Waals surface area contributed by atoms with Crippen molar-refractivity contribution in [3.8, 4) is 10.6 Å². The zero-order valence-electron chi connectivity index (χ0n) is 17.3.